The summed E-state index contributed by atoms with van der Waals surface area (Å²) < 4.78 is 40.5. The number of nitrogens with zero attached hydrogens (tertiary/aromatic N) is 1. The number of aromatic nitrogens is 1. The quantitative estimate of drug-likeness (QED) is 0.644. The van der Waals surface area contributed by atoms with Crippen LogP contribution in [0.5, 0.6) is 0 Å². The molecule has 0 radical (unpaired) electrons. The first-order valence-corrected chi connectivity index (χ1v) is 7.67. The van der Waals surface area contributed by atoms with E-state index < -0.39 is 25.2 Å². The highest BCUT2D eigenvalue weighted by Gasteiger charge is 2.51. The van der Waals surface area contributed by atoms with Crippen molar-refractivity contribution in [2.45, 2.75) is 45.7 Å². The van der Waals surface area contributed by atoms with Gasteiger partial charge in [0.2, 0.25) is 5.71 Å². The minimum absolute atomic E-state index is 0.0234. The zero-order valence-electron chi connectivity index (χ0n) is 16.6. The molecule has 0 atom stereocenters. The Bertz CT molecular complexity index is 994. The standard InChI is InChI=1S/C18H20BNO3/c1-11-6-8-13-14-10-12(7-9-15(14)21-16(13)20-11)19-22-17(2,3)18(4,5)23-19/h6-10H,1-5H3/i1D3. The van der Waals surface area contributed by atoms with Crippen LogP contribution in [0.1, 0.15) is 37.5 Å². The highest BCUT2D eigenvalue weighted by Crippen LogP contribution is 2.37. The fraction of sp³-hybridized carbons (Fsp3) is 0.389. The van der Waals surface area contributed by atoms with Crippen molar-refractivity contribution in [3.63, 3.8) is 0 Å². The maximum absolute atomic E-state index is 7.50. The van der Waals surface area contributed by atoms with Crippen LogP contribution < -0.4 is 5.46 Å². The van der Waals surface area contributed by atoms with Crippen LogP contribution in [0.25, 0.3) is 22.1 Å². The number of hydrogen-bond acceptors (Lipinski definition) is 4. The van der Waals surface area contributed by atoms with Crippen LogP contribution in [0.2, 0.25) is 0 Å². The lowest BCUT2D eigenvalue weighted by Crippen LogP contribution is -2.41. The Morgan fingerprint density at radius 1 is 1.00 bits per heavy atom. The molecule has 2 aromatic heterocycles. The smallest absolute Gasteiger partial charge is 0.438 e. The van der Waals surface area contributed by atoms with E-state index in [4.69, 9.17) is 17.8 Å². The number of rotatable bonds is 1. The lowest BCUT2D eigenvalue weighted by atomic mass is 9.78. The number of furan rings is 1. The van der Waals surface area contributed by atoms with Gasteiger partial charge in [0.1, 0.15) is 5.58 Å². The lowest BCUT2D eigenvalue weighted by Gasteiger charge is -2.32. The number of fused-ring (bicyclic) bond motifs is 3. The lowest BCUT2D eigenvalue weighted by molar-refractivity contribution is 0.00578. The van der Waals surface area contributed by atoms with Gasteiger partial charge >= 0.3 is 7.12 Å². The van der Waals surface area contributed by atoms with E-state index in [2.05, 4.69) is 4.98 Å². The molecule has 0 aliphatic carbocycles. The van der Waals surface area contributed by atoms with E-state index in [1.807, 2.05) is 45.9 Å². The van der Waals surface area contributed by atoms with Crippen molar-refractivity contribution < 1.29 is 17.8 Å². The van der Waals surface area contributed by atoms with Crippen molar-refractivity contribution in [3.05, 3.63) is 36.0 Å². The summed E-state index contributed by atoms with van der Waals surface area (Å²) in [6, 6.07) is 8.96. The molecule has 118 valence electrons. The molecule has 0 amide bonds. The van der Waals surface area contributed by atoms with Crippen LogP contribution in [0, 0.1) is 6.85 Å². The number of aryl methyl sites for hydroxylation is 1. The van der Waals surface area contributed by atoms with E-state index >= 15 is 0 Å². The van der Waals surface area contributed by atoms with Gasteiger partial charge in [0.25, 0.3) is 0 Å². The molecule has 3 aromatic rings. The van der Waals surface area contributed by atoms with Gasteiger partial charge < -0.3 is 13.7 Å². The Morgan fingerprint density at radius 3 is 2.43 bits per heavy atom. The first kappa shape index (κ1) is 11.7. The monoisotopic (exact) mass is 312 g/mol. The van der Waals surface area contributed by atoms with Crippen molar-refractivity contribution in [2.75, 3.05) is 0 Å². The van der Waals surface area contributed by atoms with Crippen molar-refractivity contribution in [3.8, 4) is 0 Å². The maximum Gasteiger partial charge on any atom is 0.494 e. The van der Waals surface area contributed by atoms with E-state index in [1.54, 1.807) is 6.07 Å². The SMILES string of the molecule is [2H]C([2H])([2H])c1ccc2c(n1)oc1ccc(B3OC(C)(C)C(C)(C)O3)cc12. The van der Waals surface area contributed by atoms with E-state index in [0.717, 1.165) is 16.2 Å². The maximum atomic E-state index is 7.50. The summed E-state index contributed by atoms with van der Waals surface area (Å²) in [5.74, 6) is 0. The number of hydrogen-bond donors (Lipinski definition) is 0. The molecule has 0 spiro atoms. The third kappa shape index (κ3) is 2.18. The molecule has 1 aromatic carbocycles. The first-order valence-electron chi connectivity index (χ1n) is 9.17. The Labute approximate surface area is 140 Å². The van der Waals surface area contributed by atoms with E-state index in [0.29, 0.717) is 11.3 Å². The summed E-state index contributed by atoms with van der Waals surface area (Å²) >= 11 is 0. The van der Waals surface area contributed by atoms with Crippen LogP contribution in [0.4, 0.5) is 0 Å². The molecule has 23 heavy (non-hydrogen) atoms. The zero-order chi connectivity index (χ0) is 18.9. The summed E-state index contributed by atoms with van der Waals surface area (Å²) in [6.07, 6.45) is 0. The predicted octanol–water partition coefficient (Wildman–Crippen LogP) is 3.59. The number of benzene rings is 1. The molecular weight excluding hydrogens is 289 g/mol. The Morgan fingerprint density at radius 2 is 1.74 bits per heavy atom. The average molecular weight is 312 g/mol. The van der Waals surface area contributed by atoms with Gasteiger partial charge in [-0.3, -0.25) is 0 Å². The molecule has 3 heterocycles. The normalized spacial score (nSPS) is 22.3. The summed E-state index contributed by atoms with van der Waals surface area (Å²) in [5.41, 5.74) is 1.05. The third-order valence-electron chi connectivity index (χ3n) is 4.89. The van der Waals surface area contributed by atoms with Crippen molar-refractivity contribution in [1.29, 1.82) is 0 Å². The Hall–Kier alpha value is -1.85. The van der Waals surface area contributed by atoms with E-state index in [9.17, 15) is 0 Å². The predicted molar refractivity (Wildman–Crippen MR) is 92.0 cm³/mol. The van der Waals surface area contributed by atoms with Gasteiger partial charge in [-0.25, -0.2) is 4.98 Å². The Balaban J connectivity index is 1.79. The summed E-state index contributed by atoms with van der Waals surface area (Å²) in [6.45, 7) is 5.79. The third-order valence-corrected chi connectivity index (χ3v) is 4.89. The number of pyridine rings is 1. The first-order chi connectivity index (χ1) is 12.0. The minimum atomic E-state index is -2.26. The summed E-state index contributed by atoms with van der Waals surface area (Å²) in [4.78, 5) is 4.17. The molecule has 0 saturated carbocycles. The second-order valence-electron chi connectivity index (χ2n) is 7.00. The molecule has 4 rings (SSSR count). The van der Waals surface area contributed by atoms with Crippen LogP contribution in [0.3, 0.4) is 0 Å². The topological polar surface area (TPSA) is 44.5 Å². The van der Waals surface area contributed by atoms with Gasteiger partial charge in [-0.05, 0) is 58.2 Å². The van der Waals surface area contributed by atoms with Gasteiger partial charge in [0.05, 0.1) is 11.2 Å². The molecule has 0 N–H and O–H groups in total. The van der Waals surface area contributed by atoms with Gasteiger partial charge in [-0.2, -0.15) is 0 Å². The highest BCUT2D eigenvalue weighted by atomic mass is 16.7. The molecule has 1 saturated heterocycles. The van der Waals surface area contributed by atoms with Crippen LogP contribution in [-0.2, 0) is 9.31 Å². The zero-order valence-corrected chi connectivity index (χ0v) is 13.6. The van der Waals surface area contributed by atoms with Crippen molar-refractivity contribution in [1.82, 2.24) is 4.98 Å². The van der Waals surface area contributed by atoms with Crippen LogP contribution >= 0.6 is 0 Å². The van der Waals surface area contributed by atoms with Crippen molar-refractivity contribution in [2.24, 2.45) is 0 Å². The van der Waals surface area contributed by atoms with E-state index in [-0.39, 0.29) is 5.69 Å². The van der Waals surface area contributed by atoms with Gasteiger partial charge in [0, 0.05) is 20.6 Å². The highest BCUT2D eigenvalue weighted by molar-refractivity contribution is 6.62. The molecule has 1 aliphatic rings. The molecule has 0 bridgehead atoms. The average Bonchev–Trinajstić information content (AvgIpc) is 2.99. The van der Waals surface area contributed by atoms with Gasteiger partial charge in [0.15, 0.2) is 0 Å². The molecule has 1 fully saturated rings. The second kappa shape index (κ2) is 4.59. The van der Waals surface area contributed by atoms with Gasteiger partial charge in [-0.1, -0.05) is 12.1 Å². The largest absolute Gasteiger partial charge is 0.494 e. The molecule has 5 heteroatoms. The summed E-state index contributed by atoms with van der Waals surface area (Å²) in [7, 11) is -0.469. The van der Waals surface area contributed by atoms with E-state index in [1.165, 1.54) is 6.07 Å². The van der Waals surface area contributed by atoms with Crippen LogP contribution in [0.15, 0.2) is 34.7 Å². The molecule has 1 aliphatic heterocycles. The minimum Gasteiger partial charge on any atom is -0.438 e. The van der Waals surface area contributed by atoms with Crippen molar-refractivity contribution >= 4 is 34.7 Å². The molecule has 0 unspecified atom stereocenters. The summed E-state index contributed by atoms with van der Waals surface area (Å²) in [5, 5.41) is 1.63. The fourth-order valence-corrected chi connectivity index (χ4v) is 2.80. The fourth-order valence-electron chi connectivity index (χ4n) is 2.80. The van der Waals surface area contributed by atoms with Crippen LogP contribution in [-0.4, -0.2) is 23.3 Å². The second-order valence-corrected chi connectivity index (χ2v) is 7.00. The molecule has 4 nitrogen and oxygen atoms in total. The molecular formula is C18H20BNO3. The Kier molecular flexibility index (Phi) is 2.32. The van der Waals surface area contributed by atoms with Gasteiger partial charge in [-0.15, -0.1) is 0 Å².